The Balaban J connectivity index is 1.97. The van der Waals surface area contributed by atoms with Gasteiger partial charge in [0, 0.05) is 17.3 Å². The monoisotopic (exact) mass is 320 g/mol. The lowest BCUT2D eigenvalue weighted by molar-refractivity contribution is 0.835. The van der Waals surface area contributed by atoms with Crippen molar-refractivity contribution >= 4 is 21.6 Å². The van der Waals surface area contributed by atoms with Crippen LogP contribution in [0.1, 0.15) is 17.0 Å². The van der Waals surface area contributed by atoms with Gasteiger partial charge in [-0.25, -0.2) is 14.6 Å². The minimum absolute atomic E-state index is 0.849. The second-order valence-electron chi connectivity index (χ2n) is 5.62. The highest BCUT2D eigenvalue weighted by atomic mass is 32.1. The van der Waals surface area contributed by atoms with Crippen LogP contribution in [0.15, 0.2) is 42.6 Å². The first-order chi connectivity index (χ1) is 11.1. The molecule has 4 aromatic heterocycles. The fourth-order valence-electron chi connectivity index (χ4n) is 2.70. The predicted molar refractivity (Wildman–Crippen MR) is 94.2 cm³/mol. The lowest BCUT2D eigenvalue weighted by atomic mass is 10.2. The molecule has 0 aliphatic heterocycles. The molecule has 0 radical (unpaired) electrons. The zero-order valence-electron chi connectivity index (χ0n) is 13.2. The van der Waals surface area contributed by atoms with Crippen LogP contribution in [0.5, 0.6) is 0 Å². The minimum atomic E-state index is 0.849. The van der Waals surface area contributed by atoms with Crippen molar-refractivity contribution in [3.63, 3.8) is 0 Å². The van der Waals surface area contributed by atoms with Gasteiger partial charge in [0.25, 0.3) is 0 Å². The summed E-state index contributed by atoms with van der Waals surface area (Å²) in [6.07, 6.45) is 1.83. The third-order valence-corrected chi connectivity index (χ3v) is 5.04. The van der Waals surface area contributed by atoms with E-state index in [2.05, 4.69) is 29.0 Å². The molecule has 4 rings (SSSR count). The molecule has 0 aromatic carbocycles. The van der Waals surface area contributed by atoms with Gasteiger partial charge in [-0.2, -0.15) is 5.10 Å². The Morgan fingerprint density at radius 3 is 2.70 bits per heavy atom. The summed E-state index contributed by atoms with van der Waals surface area (Å²) in [6, 6.07) is 12.2. The maximum Gasteiger partial charge on any atom is 0.154 e. The first-order valence-corrected chi connectivity index (χ1v) is 8.30. The van der Waals surface area contributed by atoms with Crippen molar-refractivity contribution in [2.75, 3.05) is 0 Å². The maximum atomic E-state index is 4.71. The summed E-state index contributed by atoms with van der Waals surface area (Å²) in [5, 5.41) is 5.87. The van der Waals surface area contributed by atoms with Crippen LogP contribution in [-0.4, -0.2) is 19.7 Å². The molecule has 0 saturated carbocycles. The Bertz CT molecular complexity index is 980. The largest absolute Gasteiger partial charge is 0.245 e. The Morgan fingerprint density at radius 1 is 1.04 bits per heavy atom. The third-order valence-electron chi connectivity index (χ3n) is 3.98. The third kappa shape index (κ3) is 2.33. The molecule has 5 heteroatoms. The van der Waals surface area contributed by atoms with E-state index in [-0.39, 0.29) is 0 Å². The molecular formula is C18H16N4S. The van der Waals surface area contributed by atoms with Gasteiger partial charge in [-0.3, -0.25) is 0 Å². The van der Waals surface area contributed by atoms with E-state index in [1.165, 1.54) is 10.4 Å². The van der Waals surface area contributed by atoms with Crippen molar-refractivity contribution in [1.29, 1.82) is 0 Å². The SMILES string of the molecule is Cc1cccc(-n2nc(C)c(C)c2-c2cc3cccnc3s2)n1. The van der Waals surface area contributed by atoms with Gasteiger partial charge in [0.15, 0.2) is 5.82 Å². The molecule has 0 atom stereocenters. The van der Waals surface area contributed by atoms with E-state index in [0.717, 1.165) is 33.1 Å². The number of aryl methyl sites for hydroxylation is 2. The van der Waals surface area contributed by atoms with Crippen LogP contribution >= 0.6 is 11.3 Å². The van der Waals surface area contributed by atoms with E-state index in [4.69, 9.17) is 5.10 Å². The molecule has 0 N–H and O–H groups in total. The summed E-state index contributed by atoms with van der Waals surface area (Å²) in [7, 11) is 0. The average molecular weight is 320 g/mol. The molecule has 0 saturated heterocycles. The fraction of sp³-hybridized carbons (Fsp3) is 0.167. The summed E-state index contributed by atoms with van der Waals surface area (Å²) in [5.74, 6) is 0.849. The minimum Gasteiger partial charge on any atom is -0.245 e. The van der Waals surface area contributed by atoms with Crippen LogP contribution in [0.2, 0.25) is 0 Å². The predicted octanol–water partition coefficient (Wildman–Crippen LogP) is 4.47. The van der Waals surface area contributed by atoms with Crippen LogP contribution in [0, 0.1) is 20.8 Å². The molecule has 0 spiro atoms. The van der Waals surface area contributed by atoms with Crippen LogP contribution < -0.4 is 0 Å². The van der Waals surface area contributed by atoms with Crippen molar-refractivity contribution in [3.05, 3.63) is 59.5 Å². The van der Waals surface area contributed by atoms with Gasteiger partial charge in [-0.1, -0.05) is 12.1 Å². The molecule has 0 bridgehead atoms. The van der Waals surface area contributed by atoms with E-state index < -0.39 is 0 Å². The van der Waals surface area contributed by atoms with E-state index in [0.29, 0.717) is 0 Å². The van der Waals surface area contributed by atoms with E-state index in [1.807, 2.05) is 49.0 Å². The Labute approximate surface area is 138 Å². The zero-order chi connectivity index (χ0) is 16.0. The summed E-state index contributed by atoms with van der Waals surface area (Å²) >= 11 is 1.69. The molecule has 0 unspecified atom stereocenters. The van der Waals surface area contributed by atoms with E-state index >= 15 is 0 Å². The second kappa shape index (κ2) is 5.28. The van der Waals surface area contributed by atoms with Gasteiger partial charge in [-0.05, 0) is 50.6 Å². The van der Waals surface area contributed by atoms with Crippen LogP contribution in [-0.2, 0) is 0 Å². The smallest absolute Gasteiger partial charge is 0.154 e. The van der Waals surface area contributed by atoms with Gasteiger partial charge in [0.05, 0.1) is 16.3 Å². The normalized spacial score (nSPS) is 11.3. The summed E-state index contributed by atoms with van der Waals surface area (Å²) in [5.41, 5.74) is 4.29. The Kier molecular flexibility index (Phi) is 3.23. The number of hydrogen-bond donors (Lipinski definition) is 0. The molecular weight excluding hydrogens is 304 g/mol. The number of thiophene rings is 1. The molecule has 114 valence electrons. The van der Waals surface area contributed by atoms with E-state index in [1.54, 1.807) is 11.3 Å². The lowest BCUT2D eigenvalue weighted by Gasteiger charge is -2.06. The first kappa shape index (κ1) is 14.1. The van der Waals surface area contributed by atoms with Crippen molar-refractivity contribution in [1.82, 2.24) is 19.7 Å². The van der Waals surface area contributed by atoms with Gasteiger partial charge in [0.1, 0.15) is 4.83 Å². The van der Waals surface area contributed by atoms with Crippen molar-refractivity contribution in [2.24, 2.45) is 0 Å². The standard InChI is InChI=1S/C18H16N4S/c1-11-6-4-8-16(20-11)22-17(12(2)13(3)21-22)15-10-14-7-5-9-19-18(14)23-15/h4-10H,1-3H3. The highest BCUT2D eigenvalue weighted by molar-refractivity contribution is 7.21. The van der Waals surface area contributed by atoms with Crippen LogP contribution in [0.4, 0.5) is 0 Å². The highest BCUT2D eigenvalue weighted by Gasteiger charge is 2.18. The van der Waals surface area contributed by atoms with Gasteiger partial charge < -0.3 is 0 Å². The average Bonchev–Trinajstić information content (AvgIpc) is 3.09. The molecule has 4 heterocycles. The quantitative estimate of drug-likeness (QED) is 0.547. The molecule has 0 fully saturated rings. The van der Waals surface area contributed by atoms with Crippen LogP contribution in [0.3, 0.4) is 0 Å². The number of rotatable bonds is 2. The fourth-order valence-corrected chi connectivity index (χ4v) is 3.79. The Hall–Kier alpha value is -2.53. The summed E-state index contributed by atoms with van der Waals surface area (Å²) in [4.78, 5) is 11.3. The zero-order valence-corrected chi connectivity index (χ0v) is 14.1. The molecule has 23 heavy (non-hydrogen) atoms. The van der Waals surface area contributed by atoms with Crippen LogP contribution in [0.25, 0.3) is 26.6 Å². The van der Waals surface area contributed by atoms with Gasteiger partial charge >= 0.3 is 0 Å². The first-order valence-electron chi connectivity index (χ1n) is 7.48. The molecule has 0 aliphatic rings. The lowest BCUT2D eigenvalue weighted by Crippen LogP contribution is -2.02. The molecule has 4 aromatic rings. The number of aromatic nitrogens is 4. The van der Waals surface area contributed by atoms with E-state index in [9.17, 15) is 0 Å². The van der Waals surface area contributed by atoms with Crippen molar-refractivity contribution in [2.45, 2.75) is 20.8 Å². The molecule has 0 aliphatic carbocycles. The summed E-state index contributed by atoms with van der Waals surface area (Å²) in [6.45, 7) is 6.15. The van der Waals surface area contributed by atoms with Gasteiger partial charge in [0.2, 0.25) is 0 Å². The number of hydrogen-bond acceptors (Lipinski definition) is 4. The van der Waals surface area contributed by atoms with Gasteiger partial charge in [-0.15, -0.1) is 11.3 Å². The van der Waals surface area contributed by atoms with Crippen molar-refractivity contribution < 1.29 is 0 Å². The maximum absolute atomic E-state index is 4.71. The highest BCUT2D eigenvalue weighted by Crippen LogP contribution is 2.36. The number of nitrogens with zero attached hydrogens (tertiary/aromatic N) is 4. The summed E-state index contributed by atoms with van der Waals surface area (Å²) < 4.78 is 1.95. The number of pyridine rings is 2. The molecule has 4 nitrogen and oxygen atoms in total. The Morgan fingerprint density at radius 2 is 1.91 bits per heavy atom. The second-order valence-corrected chi connectivity index (χ2v) is 6.65. The number of fused-ring (bicyclic) bond motifs is 1. The topological polar surface area (TPSA) is 43.6 Å². The van der Waals surface area contributed by atoms with Crippen molar-refractivity contribution in [3.8, 4) is 16.4 Å². The molecule has 0 amide bonds.